The van der Waals surface area contributed by atoms with Crippen molar-refractivity contribution in [2.45, 2.75) is 154 Å². The van der Waals surface area contributed by atoms with E-state index in [1.165, 1.54) is 0 Å². The van der Waals surface area contributed by atoms with Crippen molar-refractivity contribution in [3.05, 3.63) is 0 Å². The third kappa shape index (κ3) is 7.47. The van der Waals surface area contributed by atoms with Crippen LogP contribution in [0, 0.1) is 5.92 Å². The molecule has 38 heavy (non-hydrogen) atoms. The monoisotopic (exact) mass is 587 g/mol. The molecule has 0 bridgehead atoms. The highest BCUT2D eigenvalue weighted by atomic mass is 28.4. The summed E-state index contributed by atoms with van der Waals surface area (Å²) in [6.07, 6.45) is -1.87. The van der Waals surface area contributed by atoms with Crippen LogP contribution in [0.4, 0.5) is 0 Å². The van der Waals surface area contributed by atoms with Gasteiger partial charge in [-0.05, 0) is 54.4 Å². The van der Waals surface area contributed by atoms with Gasteiger partial charge in [0.2, 0.25) is 5.91 Å². The third-order valence-corrected chi connectivity index (χ3v) is 23.3. The fourth-order valence-corrected chi connectivity index (χ4v) is 7.66. The van der Waals surface area contributed by atoms with Gasteiger partial charge in [-0.25, -0.2) is 0 Å². The Morgan fingerprint density at radius 2 is 1.18 bits per heavy atom. The second-order valence-corrected chi connectivity index (χ2v) is 30.2. The van der Waals surface area contributed by atoms with Gasteiger partial charge in [0.25, 0.3) is 0 Å². The van der Waals surface area contributed by atoms with Crippen molar-refractivity contribution in [2.75, 3.05) is 6.61 Å². The van der Waals surface area contributed by atoms with E-state index in [9.17, 15) is 9.59 Å². The summed E-state index contributed by atoms with van der Waals surface area (Å²) < 4.78 is 27.5. The molecule has 222 valence electrons. The van der Waals surface area contributed by atoms with Crippen LogP contribution in [-0.4, -0.2) is 67.8 Å². The third-order valence-electron chi connectivity index (χ3n) is 9.85. The highest BCUT2D eigenvalue weighted by Crippen LogP contribution is 2.45. The largest absolute Gasteiger partial charge is 0.414 e. The smallest absolute Gasteiger partial charge is 0.222 e. The Hall–Kier alpha value is -0.369. The number of ether oxygens (including phenoxy) is 1. The van der Waals surface area contributed by atoms with Gasteiger partial charge >= 0.3 is 0 Å². The highest BCUT2D eigenvalue weighted by Gasteiger charge is 2.56. The standard InChI is InChI=1S/C28H57NO6Si3/c1-26(2,3)36(10,11)32-18-20-23(34-37(12,13)27(4,5)6)24(35-38(14,15)28(7,8)9)22-19(30)16-17-21(31)29-25(22)33-20/h20,22-25H,16-18H2,1-15H3,(H,29,31)/t20-,22-,23-,24-,25+/m1/s1. The summed E-state index contributed by atoms with van der Waals surface area (Å²) in [6, 6.07) is 0. The van der Waals surface area contributed by atoms with Crippen molar-refractivity contribution in [3.8, 4) is 0 Å². The molecular formula is C28H57NO6Si3. The molecule has 0 aromatic carbocycles. The lowest BCUT2D eigenvalue weighted by Crippen LogP contribution is -2.67. The van der Waals surface area contributed by atoms with Crippen molar-refractivity contribution in [3.63, 3.8) is 0 Å². The fraction of sp³-hybridized carbons (Fsp3) is 0.929. The first-order valence-corrected chi connectivity index (χ1v) is 23.0. The van der Waals surface area contributed by atoms with E-state index in [2.05, 4.69) is 107 Å². The lowest BCUT2D eigenvalue weighted by Gasteiger charge is -2.53. The van der Waals surface area contributed by atoms with E-state index in [1.54, 1.807) is 0 Å². The Balaban J connectivity index is 2.64. The summed E-state index contributed by atoms with van der Waals surface area (Å²) in [7, 11) is -6.74. The molecule has 0 spiro atoms. The number of Topliss-reactive ketones (excluding diaryl/α,β-unsaturated/α-hetero) is 1. The lowest BCUT2D eigenvalue weighted by molar-refractivity contribution is -0.205. The van der Waals surface area contributed by atoms with E-state index in [4.69, 9.17) is 18.0 Å². The molecule has 2 aliphatic heterocycles. The minimum Gasteiger partial charge on any atom is -0.414 e. The maximum atomic E-state index is 13.6. The Kier molecular flexibility index (Phi) is 9.91. The fourth-order valence-electron chi connectivity index (χ4n) is 4.01. The van der Waals surface area contributed by atoms with Crippen LogP contribution in [0.5, 0.6) is 0 Å². The van der Waals surface area contributed by atoms with Crippen LogP contribution >= 0.6 is 0 Å². The molecular weight excluding hydrogens is 531 g/mol. The maximum absolute atomic E-state index is 13.6. The summed E-state index contributed by atoms with van der Waals surface area (Å²) in [5, 5.41) is 2.93. The number of fused-ring (bicyclic) bond motifs is 1. The molecule has 0 unspecified atom stereocenters. The molecule has 1 N–H and O–H groups in total. The molecule has 2 heterocycles. The summed E-state index contributed by atoms with van der Waals surface area (Å²) in [4.78, 5) is 26.2. The van der Waals surface area contributed by atoms with Gasteiger partial charge < -0.3 is 23.3 Å². The van der Waals surface area contributed by atoms with Gasteiger partial charge in [0, 0.05) is 12.8 Å². The molecule has 0 aliphatic carbocycles. The van der Waals surface area contributed by atoms with Gasteiger partial charge in [-0.15, -0.1) is 0 Å². The zero-order valence-corrected chi connectivity index (χ0v) is 30.0. The summed E-state index contributed by atoms with van der Waals surface area (Å²) >= 11 is 0. The van der Waals surface area contributed by atoms with Gasteiger partial charge in [-0.2, -0.15) is 0 Å². The predicted molar refractivity (Wildman–Crippen MR) is 162 cm³/mol. The van der Waals surface area contributed by atoms with Gasteiger partial charge in [0.05, 0.1) is 24.7 Å². The quantitative estimate of drug-likeness (QED) is 0.338. The Labute approximate surface area is 235 Å². The van der Waals surface area contributed by atoms with E-state index in [-0.39, 0.29) is 39.6 Å². The van der Waals surface area contributed by atoms with Crippen molar-refractivity contribution in [1.29, 1.82) is 0 Å². The van der Waals surface area contributed by atoms with Gasteiger partial charge in [-0.1, -0.05) is 62.3 Å². The van der Waals surface area contributed by atoms with E-state index < -0.39 is 55.4 Å². The summed E-state index contributed by atoms with van der Waals surface area (Å²) in [5.74, 6) is -0.774. The Morgan fingerprint density at radius 1 is 0.737 bits per heavy atom. The van der Waals surface area contributed by atoms with E-state index >= 15 is 0 Å². The van der Waals surface area contributed by atoms with Crippen LogP contribution in [-0.2, 0) is 27.6 Å². The number of hydrogen-bond donors (Lipinski definition) is 1. The molecule has 0 radical (unpaired) electrons. The first kappa shape index (κ1) is 33.8. The van der Waals surface area contributed by atoms with Crippen LogP contribution < -0.4 is 5.32 Å². The number of carbonyl (C=O) groups is 2. The van der Waals surface area contributed by atoms with Crippen molar-refractivity contribution >= 4 is 36.6 Å². The van der Waals surface area contributed by atoms with Gasteiger partial charge in [0.1, 0.15) is 18.1 Å². The maximum Gasteiger partial charge on any atom is 0.222 e. The zero-order chi connectivity index (χ0) is 29.7. The molecule has 1 amide bonds. The number of hydrogen-bond acceptors (Lipinski definition) is 6. The minimum atomic E-state index is -2.33. The number of ketones is 1. The van der Waals surface area contributed by atoms with Gasteiger partial charge in [-0.3, -0.25) is 9.59 Å². The molecule has 5 atom stereocenters. The van der Waals surface area contributed by atoms with Crippen LogP contribution in [0.3, 0.4) is 0 Å². The van der Waals surface area contributed by atoms with Crippen LogP contribution in [0.1, 0.15) is 75.2 Å². The number of amides is 1. The summed E-state index contributed by atoms with van der Waals surface area (Å²) in [6.45, 7) is 33.6. The SMILES string of the molecule is CC(C)(C)[Si](C)(C)OC[C@H]1O[C@@H]2NC(=O)CCC(=O)[C@@H]2[C@@H](O[Si](C)(C)C(C)(C)C)[C@@H]1O[Si](C)(C)C(C)(C)C. The van der Waals surface area contributed by atoms with Crippen LogP contribution in [0.2, 0.25) is 54.4 Å². The molecule has 2 fully saturated rings. The summed E-state index contributed by atoms with van der Waals surface area (Å²) in [5.41, 5.74) is 0. The second kappa shape index (κ2) is 11.1. The molecule has 0 saturated carbocycles. The molecule has 2 rings (SSSR count). The first-order chi connectivity index (χ1) is 16.8. The van der Waals surface area contributed by atoms with Crippen LogP contribution in [0.25, 0.3) is 0 Å². The topological polar surface area (TPSA) is 83.1 Å². The van der Waals surface area contributed by atoms with E-state index in [0.29, 0.717) is 6.61 Å². The molecule has 0 aromatic heterocycles. The molecule has 2 aliphatic rings. The zero-order valence-electron chi connectivity index (χ0n) is 27.0. The normalized spacial score (nSPS) is 28.6. The molecule has 7 nitrogen and oxygen atoms in total. The Bertz CT molecular complexity index is 869. The van der Waals surface area contributed by atoms with E-state index in [0.717, 1.165) is 0 Å². The van der Waals surface area contributed by atoms with Gasteiger partial charge in [0.15, 0.2) is 25.0 Å². The highest BCUT2D eigenvalue weighted by molar-refractivity contribution is 6.75. The number of rotatable bonds is 7. The van der Waals surface area contributed by atoms with Crippen molar-refractivity contribution in [2.24, 2.45) is 5.92 Å². The first-order valence-electron chi connectivity index (χ1n) is 14.3. The Morgan fingerprint density at radius 3 is 1.63 bits per heavy atom. The average molecular weight is 588 g/mol. The minimum absolute atomic E-state index is 0.00431. The molecule has 0 aromatic rings. The van der Waals surface area contributed by atoms with Crippen molar-refractivity contribution in [1.82, 2.24) is 5.32 Å². The average Bonchev–Trinajstić information content (AvgIpc) is 2.83. The number of nitrogens with one attached hydrogen (secondary N) is 1. The number of carbonyl (C=O) groups excluding carboxylic acids is 2. The molecule has 10 heteroatoms. The van der Waals surface area contributed by atoms with E-state index in [1.807, 2.05) is 0 Å². The lowest BCUT2D eigenvalue weighted by atomic mass is 9.86. The van der Waals surface area contributed by atoms with Crippen LogP contribution in [0.15, 0.2) is 0 Å². The van der Waals surface area contributed by atoms with Crippen molar-refractivity contribution < 1.29 is 27.6 Å². The molecule has 2 saturated heterocycles. The predicted octanol–water partition coefficient (Wildman–Crippen LogP) is 6.61. The second-order valence-electron chi connectivity index (χ2n) is 15.9.